The van der Waals surface area contributed by atoms with Crippen LogP contribution in [0, 0.1) is 0 Å². The van der Waals surface area contributed by atoms with Gasteiger partial charge in [0.25, 0.3) is 0 Å². The quantitative estimate of drug-likeness (QED) is 0.228. The fourth-order valence-electron chi connectivity index (χ4n) is 0.857. The molecule has 0 bridgehead atoms. The summed E-state index contributed by atoms with van der Waals surface area (Å²) in [7, 11) is 0. The number of aldehydes is 2. The Bertz CT molecular complexity index is 361. The molecule has 1 aromatic carbocycles. The van der Waals surface area contributed by atoms with Crippen molar-refractivity contribution >= 4 is 39.9 Å². The van der Waals surface area contributed by atoms with Crippen molar-refractivity contribution in [2.45, 2.75) is 4.32 Å². The van der Waals surface area contributed by atoms with Gasteiger partial charge in [0.2, 0.25) is 0 Å². The van der Waals surface area contributed by atoms with E-state index in [1.54, 1.807) is 24.3 Å². The van der Waals surface area contributed by atoms with E-state index in [0.717, 1.165) is 0 Å². The molecule has 0 amide bonds. The number of benzene rings is 1. The van der Waals surface area contributed by atoms with Gasteiger partial charge < -0.3 is 18.7 Å². The molecule has 5 nitrogen and oxygen atoms in total. The molecule has 0 saturated heterocycles. The zero-order chi connectivity index (χ0) is 12.6. The van der Waals surface area contributed by atoms with Crippen molar-refractivity contribution in [3.8, 4) is 0 Å². The van der Waals surface area contributed by atoms with E-state index in [4.69, 9.17) is 13.3 Å². The van der Waals surface area contributed by atoms with Gasteiger partial charge in [-0.2, -0.15) is 0 Å². The Morgan fingerprint density at radius 1 is 1.24 bits per heavy atom. The monoisotopic (exact) mass is 330 g/mol. The van der Waals surface area contributed by atoms with Crippen LogP contribution in [0.15, 0.2) is 30.3 Å². The maximum atomic E-state index is 10.6. The molecule has 0 aromatic heterocycles. The van der Waals surface area contributed by atoms with E-state index in [9.17, 15) is 9.59 Å². The first-order valence-corrected chi connectivity index (χ1v) is 5.74. The van der Waals surface area contributed by atoms with Gasteiger partial charge in [-0.15, -0.1) is 0 Å². The minimum Gasteiger partial charge on any atom is -0.750 e. The summed E-state index contributed by atoms with van der Waals surface area (Å²) in [6.45, 7) is 0. The maximum Gasteiger partial charge on any atom is 1.00 e. The van der Waals surface area contributed by atoms with Crippen molar-refractivity contribution in [2.24, 2.45) is 0 Å². The molecule has 17 heavy (non-hydrogen) atoms. The normalized spacial score (nSPS) is 11.2. The fraction of sp³-hybridized carbons (Fsp3) is 0.111. The standard InChI is InChI=1S/C9H7BrO2.Na.H2O3S/c10-9(6-11,7-12)8-4-2-1-3-5-8;;1-4(2)3/h1-7H;;(H2,1,2,3)/q;+1;/p-1. The van der Waals surface area contributed by atoms with Crippen molar-refractivity contribution in [1.82, 2.24) is 0 Å². The van der Waals surface area contributed by atoms with Crippen LogP contribution in [0.5, 0.6) is 0 Å². The molecular weight excluding hydrogens is 323 g/mol. The molecule has 0 spiro atoms. The topological polar surface area (TPSA) is 94.5 Å². The van der Waals surface area contributed by atoms with E-state index in [0.29, 0.717) is 18.1 Å². The summed E-state index contributed by atoms with van der Waals surface area (Å²) in [5, 5.41) is 0. The van der Waals surface area contributed by atoms with Crippen LogP contribution in [0.4, 0.5) is 0 Å². The Morgan fingerprint density at radius 3 is 1.88 bits per heavy atom. The Hall–Kier alpha value is 0.110. The van der Waals surface area contributed by atoms with Gasteiger partial charge in [-0.05, 0) is 5.56 Å². The van der Waals surface area contributed by atoms with Crippen LogP contribution in [0.1, 0.15) is 5.56 Å². The number of hydrogen-bond donors (Lipinski definition) is 1. The summed E-state index contributed by atoms with van der Waals surface area (Å²) in [5.74, 6) is 0. The van der Waals surface area contributed by atoms with Crippen molar-refractivity contribution < 1.29 is 52.5 Å². The molecule has 1 atom stereocenters. The second-order valence-electron chi connectivity index (χ2n) is 2.59. The van der Waals surface area contributed by atoms with Crippen molar-refractivity contribution in [3.05, 3.63) is 35.9 Å². The first kappa shape index (κ1) is 19.4. The van der Waals surface area contributed by atoms with Crippen LogP contribution in [0.25, 0.3) is 0 Å². The second-order valence-corrected chi connectivity index (χ2v) is 4.33. The van der Waals surface area contributed by atoms with E-state index in [-0.39, 0.29) is 29.6 Å². The number of carbonyl (C=O) groups is 2. The number of carbonyl (C=O) groups excluding carboxylic acids is 2. The first-order chi connectivity index (χ1) is 7.46. The van der Waals surface area contributed by atoms with E-state index in [1.165, 1.54) is 0 Å². The van der Waals surface area contributed by atoms with Gasteiger partial charge in [0, 0.05) is 0 Å². The first-order valence-electron chi connectivity index (χ1n) is 3.91. The Labute approximate surface area is 132 Å². The molecule has 0 aliphatic heterocycles. The maximum absolute atomic E-state index is 10.6. The van der Waals surface area contributed by atoms with Crippen LogP contribution >= 0.6 is 15.9 Å². The third kappa shape index (κ3) is 7.93. The Kier molecular flexibility index (Phi) is 11.5. The summed E-state index contributed by atoms with van der Waals surface area (Å²) in [4.78, 5) is 21.2. The molecular formula is C9H8BrNaO5S. The molecule has 0 saturated carbocycles. The number of halogens is 1. The third-order valence-corrected chi connectivity index (χ3v) is 2.39. The zero-order valence-electron chi connectivity index (χ0n) is 8.91. The minimum absolute atomic E-state index is 0. The molecule has 88 valence electrons. The van der Waals surface area contributed by atoms with E-state index >= 15 is 0 Å². The average molecular weight is 331 g/mol. The smallest absolute Gasteiger partial charge is 0.750 e. The van der Waals surface area contributed by atoms with Crippen LogP contribution < -0.4 is 29.6 Å². The minimum atomic E-state index is -2.86. The van der Waals surface area contributed by atoms with Gasteiger partial charge in [0.15, 0.2) is 4.32 Å². The van der Waals surface area contributed by atoms with Gasteiger partial charge >= 0.3 is 29.6 Å². The summed E-state index contributed by atoms with van der Waals surface area (Å²) in [5.41, 5.74) is 0.648. The predicted molar refractivity (Wildman–Crippen MR) is 60.7 cm³/mol. The van der Waals surface area contributed by atoms with Crippen LogP contribution in [0.2, 0.25) is 0 Å². The Morgan fingerprint density at radius 2 is 1.59 bits per heavy atom. The average Bonchev–Trinajstić information content (AvgIpc) is 2.28. The molecule has 0 heterocycles. The molecule has 8 heteroatoms. The van der Waals surface area contributed by atoms with Crippen molar-refractivity contribution in [3.63, 3.8) is 0 Å². The van der Waals surface area contributed by atoms with Gasteiger partial charge in [-0.1, -0.05) is 46.3 Å². The number of hydrogen-bond acceptors (Lipinski definition) is 4. The van der Waals surface area contributed by atoms with Crippen LogP contribution in [-0.4, -0.2) is 25.9 Å². The van der Waals surface area contributed by atoms with Crippen LogP contribution in [0.3, 0.4) is 0 Å². The largest absolute Gasteiger partial charge is 1.00 e. The Balaban J connectivity index is 0. The van der Waals surface area contributed by atoms with Gasteiger partial charge in [-0.3, -0.25) is 0 Å². The molecule has 1 N–H and O–H groups in total. The van der Waals surface area contributed by atoms with Gasteiger partial charge in [0.1, 0.15) is 12.6 Å². The SMILES string of the molecule is O=CC(Br)(C=O)c1ccccc1.O=S([O-])O.[Na+]. The third-order valence-electron chi connectivity index (χ3n) is 1.56. The molecule has 1 unspecified atom stereocenters. The molecule has 0 aliphatic carbocycles. The van der Waals surface area contributed by atoms with Gasteiger partial charge in [-0.25, -0.2) is 4.21 Å². The summed E-state index contributed by atoms with van der Waals surface area (Å²) >= 11 is 0.194. The molecule has 1 rings (SSSR count). The van der Waals surface area contributed by atoms with Crippen molar-refractivity contribution in [1.29, 1.82) is 0 Å². The molecule has 0 fully saturated rings. The second kappa shape index (κ2) is 10.1. The van der Waals surface area contributed by atoms with Crippen LogP contribution in [-0.2, 0) is 25.3 Å². The van der Waals surface area contributed by atoms with Crippen molar-refractivity contribution in [2.75, 3.05) is 0 Å². The molecule has 0 radical (unpaired) electrons. The fourth-order valence-corrected chi connectivity index (χ4v) is 1.12. The summed E-state index contributed by atoms with van der Waals surface area (Å²) in [6, 6.07) is 8.82. The van der Waals surface area contributed by atoms with E-state index < -0.39 is 15.7 Å². The molecule has 1 aromatic rings. The molecule has 0 aliphatic rings. The number of rotatable bonds is 3. The summed E-state index contributed by atoms with van der Waals surface area (Å²) < 4.78 is 22.9. The van der Waals surface area contributed by atoms with E-state index in [1.807, 2.05) is 6.07 Å². The zero-order valence-corrected chi connectivity index (χ0v) is 13.3. The predicted octanol–water partition coefficient (Wildman–Crippen LogP) is -1.98. The number of alkyl halides is 1. The summed E-state index contributed by atoms with van der Waals surface area (Å²) in [6.07, 6.45) is 1.16. The van der Waals surface area contributed by atoms with E-state index in [2.05, 4.69) is 15.9 Å². The van der Waals surface area contributed by atoms with Gasteiger partial charge in [0.05, 0.1) is 11.4 Å².